The molecule has 0 saturated heterocycles. The van der Waals surface area contributed by atoms with Crippen LogP contribution in [0, 0.1) is 6.92 Å². The molecule has 264 valence electrons. The number of anilines is 3. The van der Waals surface area contributed by atoms with Gasteiger partial charge in [-0.1, -0.05) is 147 Å². The van der Waals surface area contributed by atoms with Crippen molar-refractivity contribution in [3.05, 3.63) is 199 Å². The molecule has 0 radical (unpaired) electrons. The minimum absolute atomic E-state index is 0.295. The second-order valence-electron chi connectivity index (χ2n) is 14.8. The number of nitrogens with zero attached hydrogens (tertiary/aromatic N) is 1. The molecule has 0 N–H and O–H groups in total. The standard InChI is InChI=1S/C53H41NO/c1-3-16-44-46-25-15-27-49(53(46)47-26-14-24-45(52(44)47)42-22-11-10-17-35(42)2)54(40-29-30-51-48(34-40)43-23-12-13-28-50(43)55-51)41-32-38(36-18-6-4-7-19-36)31-39(33-41)37-20-8-5-9-21-37/h4-15,17-34,44H,3,16H2,1-2H3. The Morgan fingerprint density at radius 1 is 0.491 bits per heavy atom. The molecule has 2 nitrogen and oxygen atoms in total. The van der Waals surface area contributed by atoms with Crippen LogP contribution in [-0.2, 0) is 0 Å². The largest absolute Gasteiger partial charge is 0.456 e. The van der Waals surface area contributed by atoms with Crippen molar-refractivity contribution in [2.45, 2.75) is 32.6 Å². The van der Waals surface area contributed by atoms with Crippen LogP contribution in [0.1, 0.15) is 42.4 Å². The zero-order valence-electron chi connectivity index (χ0n) is 31.2. The van der Waals surface area contributed by atoms with Crippen LogP contribution in [0.4, 0.5) is 17.1 Å². The Labute approximate surface area is 323 Å². The minimum Gasteiger partial charge on any atom is -0.456 e. The van der Waals surface area contributed by atoms with Gasteiger partial charge in [0.2, 0.25) is 0 Å². The van der Waals surface area contributed by atoms with Gasteiger partial charge in [0.15, 0.2) is 0 Å². The number of fused-ring (bicyclic) bond motifs is 6. The van der Waals surface area contributed by atoms with Crippen LogP contribution in [-0.4, -0.2) is 0 Å². The summed E-state index contributed by atoms with van der Waals surface area (Å²) in [4.78, 5) is 2.50. The fourth-order valence-corrected chi connectivity index (χ4v) is 8.96. The monoisotopic (exact) mass is 707 g/mol. The van der Waals surface area contributed by atoms with Crippen LogP contribution < -0.4 is 4.90 Å². The van der Waals surface area contributed by atoms with Gasteiger partial charge in [0.1, 0.15) is 11.2 Å². The number of para-hydroxylation sites is 1. The van der Waals surface area contributed by atoms with Gasteiger partial charge in [0.25, 0.3) is 0 Å². The van der Waals surface area contributed by atoms with Crippen LogP contribution in [0.5, 0.6) is 0 Å². The van der Waals surface area contributed by atoms with Gasteiger partial charge < -0.3 is 9.32 Å². The molecule has 1 aromatic heterocycles. The van der Waals surface area contributed by atoms with Crippen molar-refractivity contribution in [1.29, 1.82) is 0 Å². The molecule has 1 aliphatic carbocycles. The van der Waals surface area contributed by atoms with Crippen LogP contribution in [0.2, 0.25) is 0 Å². The van der Waals surface area contributed by atoms with E-state index in [0.717, 1.165) is 46.2 Å². The molecule has 9 aromatic rings. The quantitative estimate of drug-likeness (QED) is 0.156. The summed E-state index contributed by atoms with van der Waals surface area (Å²) in [7, 11) is 0. The molecular weight excluding hydrogens is 667 g/mol. The first-order chi connectivity index (χ1) is 27.2. The van der Waals surface area contributed by atoms with E-state index in [1.165, 1.54) is 66.9 Å². The van der Waals surface area contributed by atoms with E-state index in [0.29, 0.717) is 5.92 Å². The zero-order chi connectivity index (χ0) is 36.9. The molecule has 0 aliphatic heterocycles. The maximum atomic E-state index is 6.36. The Kier molecular flexibility index (Phi) is 8.18. The second-order valence-corrected chi connectivity index (χ2v) is 14.8. The minimum atomic E-state index is 0.295. The van der Waals surface area contributed by atoms with E-state index >= 15 is 0 Å². The van der Waals surface area contributed by atoms with Crippen molar-refractivity contribution < 1.29 is 4.42 Å². The number of benzene rings is 8. The highest BCUT2D eigenvalue weighted by Gasteiger charge is 2.34. The van der Waals surface area contributed by atoms with Crippen molar-refractivity contribution in [3.8, 4) is 44.5 Å². The third-order valence-electron chi connectivity index (χ3n) is 11.4. The van der Waals surface area contributed by atoms with Gasteiger partial charge >= 0.3 is 0 Å². The van der Waals surface area contributed by atoms with Gasteiger partial charge in [0.05, 0.1) is 5.69 Å². The molecule has 1 heterocycles. The Morgan fingerprint density at radius 3 is 1.87 bits per heavy atom. The summed E-state index contributed by atoms with van der Waals surface area (Å²) in [6.45, 7) is 4.55. The lowest BCUT2D eigenvalue weighted by atomic mass is 9.86. The van der Waals surface area contributed by atoms with Crippen LogP contribution in [0.25, 0.3) is 66.4 Å². The first kappa shape index (κ1) is 33.0. The molecule has 2 heteroatoms. The zero-order valence-corrected chi connectivity index (χ0v) is 31.2. The van der Waals surface area contributed by atoms with E-state index < -0.39 is 0 Å². The fraction of sp³-hybridized carbons (Fsp3) is 0.0943. The highest BCUT2D eigenvalue weighted by Crippen LogP contribution is 2.56. The molecule has 10 rings (SSSR count). The van der Waals surface area contributed by atoms with Crippen molar-refractivity contribution in [3.63, 3.8) is 0 Å². The summed E-state index contributed by atoms with van der Waals surface area (Å²) in [5.74, 6) is 0.295. The Balaban J connectivity index is 1.27. The maximum Gasteiger partial charge on any atom is 0.135 e. The fourth-order valence-electron chi connectivity index (χ4n) is 8.96. The van der Waals surface area contributed by atoms with Crippen molar-refractivity contribution in [1.82, 2.24) is 0 Å². The van der Waals surface area contributed by atoms with Gasteiger partial charge in [-0.25, -0.2) is 0 Å². The normalized spacial score (nSPS) is 13.2. The van der Waals surface area contributed by atoms with E-state index in [1.54, 1.807) is 0 Å². The van der Waals surface area contributed by atoms with Gasteiger partial charge in [-0.3, -0.25) is 0 Å². The van der Waals surface area contributed by atoms with E-state index in [9.17, 15) is 0 Å². The van der Waals surface area contributed by atoms with Gasteiger partial charge in [-0.15, -0.1) is 0 Å². The SMILES string of the molecule is CCCC1c2cccc(N(c3cc(-c4ccccc4)cc(-c4ccccc4)c3)c3ccc4oc5ccccc5c4c3)c2-c2cccc(-c3ccccc3C)c21. The van der Waals surface area contributed by atoms with Gasteiger partial charge in [-0.05, 0) is 118 Å². The van der Waals surface area contributed by atoms with E-state index in [-0.39, 0.29) is 0 Å². The lowest BCUT2D eigenvalue weighted by Crippen LogP contribution is -2.12. The van der Waals surface area contributed by atoms with E-state index in [2.05, 4.69) is 195 Å². The molecule has 8 aromatic carbocycles. The third kappa shape index (κ3) is 5.65. The second kappa shape index (κ2) is 13.6. The van der Waals surface area contributed by atoms with E-state index in [1.807, 2.05) is 6.07 Å². The number of aryl methyl sites for hydroxylation is 1. The summed E-state index contributed by atoms with van der Waals surface area (Å²) < 4.78 is 6.36. The Hall–Kier alpha value is -6.64. The summed E-state index contributed by atoms with van der Waals surface area (Å²) in [5.41, 5.74) is 19.3. The highest BCUT2D eigenvalue weighted by molar-refractivity contribution is 6.07. The number of hydrogen-bond acceptors (Lipinski definition) is 2. The molecule has 1 unspecified atom stereocenters. The van der Waals surface area contributed by atoms with Crippen molar-refractivity contribution in [2.75, 3.05) is 4.90 Å². The molecule has 1 aliphatic rings. The molecule has 0 spiro atoms. The Bertz CT molecular complexity index is 2790. The van der Waals surface area contributed by atoms with Crippen molar-refractivity contribution in [2.24, 2.45) is 0 Å². The average molecular weight is 708 g/mol. The van der Waals surface area contributed by atoms with Crippen molar-refractivity contribution >= 4 is 39.0 Å². The first-order valence-corrected chi connectivity index (χ1v) is 19.5. The molecule has 55 heavy (non-hydrogen) atoms. The molecule has 1 atom stereocenters. The summed E-state index contributed by atoms with van der Waals surface area (Å²) >= 11 is 0. The molecule has 0 bridgehead atoms. The lowest BCUT2D eigenvalue weighted by molar-refractivity contribution is 0.669. The smallest absolute Gasteiger partial charge is 0.135 e. The summed E-state index contributed by atoms with van der Waals surface area (Å²) in [6, 6.07) is 66.4. The molecule has 0 fully saturated rings. The predicted octanol–water partition coefficient (Wildman–Crippen LogP) is 15.3. The molecule has 0 saturated carbocycles. The summed E-state index contributed by atoms with van der Waals surface area (Å²) in [5, 5.41) is 2.23. The van der Waals surface area contributed by atoms with E-state index in [4.69, 9.17) is 4.42 Å². The van der Waals surface area contributed by atoms with Gasteiger partial charge in [-0.2, -0.15) is 0 Å². The molecular formula is C53H41NO. The number of hydrogen-bond donors (Lipinski definition) is 0. The number of furan rings is 1. The average Bonchev–Trinajstić information content (AvgIpc) is 3.78. The van der Waals surface area contributed by atoms with Crippen LogP contribution >= 0.6 is 0 Å². The lowest BCUT2D eigenvalue weighted by Gasteiger charge is -2.29. The third-order valence-corrected chi connectivity index (χ3v) is 11.4. The highest BCUT2D eigenvalue weighted by atomic mass is 16.3. The maximum absolute atomic E-state index is 6.36. The van der Waals surface area contributed by atoms with Crippen LogP contribution in [0.15, 0.2) is 186 Å². The van der Waals surface area contributed by atoms with Crippen LogP contribution in [0.3, 0.4) is 0 Å². The number of rotatable bonds is 8. The molecule has 0 amide bonds. The topological polar surface area (TPSA) is 16.4 Å². The van der Waals surface area contributed by atoms with Gasteiger partial charge in [0, 0.05) is 33.6 Å². The predicted molar refractivity (Wildman–Crippen MR) is 232 cm³/mol. The first-order valence-electron chi connectivity index (χ1n) is 19.5. The Morgan fingerprint density at radius 2 is 1.13 bits per heavy atom. The summed E-state index contributed by atoms with van der Waals surface area (Å²) in [6.07, 6.45) is 2.18.